The highest BCUT2D eigenvalue weighted by Crippen LogP contribution is 2.27. The number of aliphatic hydroxyl groups is 1. The van der Waals surface area contributed by atoms with E-state index in [-0.39, 0.29) is 24.2 Å². The Kier molecular flexibility index (Phi) is 6.79. The lowest BCUT2D eigenvalue weighted by atomic mass is 10.1. The summed E-state index contributed by atoms with van der Waals surface area (Å²) >= 11 is 0. The highest BCUT2D eigenvalue weighted by Gasteiger charge is 2.21. The molecule has 0 aliphatic carbocycles. The predicted octanol–water partition coefficient (Wildman–Crippen LogP) is 4.06. The minimum Gasteiger partial charge on any atom is -0.484 e. The average molecular weight is 448 g/mol. The lowest BCUT2D eigenvalue weighted by molar-refractivity contribution is -0.135. The van der Waals surface area contributed by atoms with Crippen LogP contribution in [0.1, 0.15) is 26.7 Å². The summed E-state index contributed by atoms with van der Waals surface area (Å²) < 4.78 is 5.72. The summed E-state index contributed by atoms with van der Waals surface area (Å²) in [5.74, 6) is 0.514. The first-order valence-electron chi connectivity index (χ1n) is 11.4. The van der Waals surface area contributed by atoms with Gasteiger partial charge in [0.25, 0.3) is 11.5 Å². The van der Waals surface area contributed by atoms with Crippen LogP contribution in [0, 0.1) is 0 Å². The van der Waals surface area contributed by atoms with Crippen LogP contribution in [0.4, 0.5) is 0 Å². The fourth-order valence-corrected chi connectivity index (χ4v) is 4.04. The van der Waals surface area contributed by atoms with Gasteiger partial charge in [-0.3, -0.25) is 9.59 Å². The number of nitrogens with one attached hydrogen (secondary N) is 2. The Balaban J connectivity index is 0.00000126. The molecular formula is C26H29N3O4. The number of para-hydroxylation sites is 1. The molecule has 7 nitrogen and oxygen atoms in total. The number of likely N-dealkylation sites (tertiary alicyclic amines) is 1. The molecule has 7 heteroatoms. The zero-order valence-corrected chi connectivity index (χ0v) is 18.9. The van der Waals surface area contributed by atoms with Gasteiger partial charge in [0.05, 0.1) is 17.4 Å². The van der Waals surface area contributed by atoms with Crippen molar-refractivity contribution in [1.29, 1.82) is 0 Å². The molecule has 2 aromatic heterocycles. The lowest BCUT2D eigenvalue weighted by Gasteiger charge is -2.29. The van der Waals surface area contributed by atoms with Gasteiger partial charge < -0.3 is 24.7 Å². The molecule has 0 atom stereocenters. The molecule has 1 amide bonds. The molecule has 4 aromatic rings. The molecule has 1 saturated heterocycles. The van der Waals surface area contributed by atoms with Crippen molar-refractivity contribution >= 4 is 27.7 Å². The molecule has 0 bridgehead atoms. The van der Waals surface area contributed by atoms with Gasteiger partial charge in [-0.1, -0.05) is 32.0 Å². The molecule has 1 aliphatic heterocycles. The van der Waals surface area contributed by atoms with Crippen molar-refractivity contribution in [1.82, 2.24) is 14.9 Å². The second-order valence-corrected chi connectivity index (χ2v) is 7.93. The summed E-state index contributed by atoms with van der Waals surface area (Å²) in [6, 6.07) is 17.0. The van der Waals surface area contributed by atoms with Gasteiger partial charge in [-0.25, -0.2) is 0 Å². The number of pyridine rings is 1. The number of carbonyl (C=O) groups is 1. The van der Waals surface area contributed by atoms with Crippen molar-refractivity contribution in [2.75, 3.05) is 19.7 Å². The Morgan fingerprint density at radius 2 is 1.73 bits per heavy atom. The van der Waals surface area contributed by atoms with Crippen LogP contribution in [0.15, 0.2) is 59.4 Å². The number of carbonyl (C=O) groups excluding carboxylic acids is 1. The molecule has 0 saturated carbocycles. The number of hydrogen-bond acceptors (Lipinski definition) is 4. The van der Waals surface area contributed by atoms with Gasteiger partial charge in [0.1, 0.15) is 5.75 Å². The standard InChI is InChI=1S/C24H23N3O4.C2H6/c28-17-7-9-27(10-8-17)23(29)14-31-18-5-6-21-16(11-18)13-22(25-21)19-12-15-3-1-2-4-20(15)26-24(19)30;1-2/h1-6,11-13,17,25,28H,7-10,14H2,(H,26,30);1-2H3. The number of aromatic amines is 2. The summed E-state index contributed by atoms with van der Waals surface area (Å²) in [6.07, 6.45) is 0.903. The Hall–Kier alpha value is -3.58. The first kappa shape index (κ1) is 22.6. The third-order valence-electron chi connectivity index (χ3n) is 5.82. The first-order chi connectivity index (χ1) is 16.1. The minimum atomic E-state index is -0.315. The van der Waals surface area contributed by atoms with Crippen molar-refractivity contribution in [3.8, 4) is 17.0 Å². The van der Waals surface area contributed by atoms with E-state index in [2.05, 4.69) is 9.97 Å². The molecule has 1 fully saturated rings. The Morgan fingerprint density at radius 3 is 2.52 bits per heavy atom. The minimum absolute atomic E-state index is 0.0385. The lowest BCUT2D eigenvalue weighted by Crippen LogP contribution is -2.42. The topological polar surface area (TPSA) is 98.4 Å². The maximum atomic E-state index is 12.6. The number of amides is 1. The van der Waals surface area contributed by atoms with Crippen molar-refractivity contribution < 1.29 is 14.6 Å². The van der Waals surface area contributed by atoms with E-state index in [0.717, 1.165) is 27.5 Å². The number of ether oxygens (including phenoxy) is 1. The third kappa shape index (κ3) is 4.93. The van der Waals surface area contributed by atoms with Gasteiger partial charge in [-0.2, -0.15) is 0 Å². The van der Waals surface area contributed by atoms with Crippen molar-refractivity contribution in [2.24, 2.45) is 0 Å². The quantitative estimate of drug-likeness (QED) is 0.439. The van der Waals surface area contributed by atoms with Gasteiger partial charge in [-0.15, -0.1) is 0 Å². The second-order valence-electron chi connectivity index (χ2n) is 7.93. The molecule has 3 heterocycles. The van der Waals surface area contributed by atoms with Crippen LogP contribution in [-0.4, -0.2) is 51.7 Å². The largest absolute Gasteiger partial charge is 0.484 e. The normalized spacial score (nSPS) is 14.2. The van der Waals surface area contributed by atoms with Crippen LogP contribution in [0.25, 0.3) is 33.1 Å². The Bertz CT molecular complexity index is 1320. The van der Waals surface area contributed by atoms with E-state index >= 15 is 0 Å². The van der Waals surface area contributed by atoms with Crippen molar-refractivity contribution in [3.63, 3.8) is 0 Å². The third-order valence-corrected chi connectivity index (χ3v) is 5.82. The molecular weight excluding hydrogens is 418 g/mol. The van der Waals surface area contributed by atoms with Crippen LogP contribution in [0.3, 0.4) is 0 Å². The average Bonchev–Trinajstić information content (AvgIpc) is 3.27. The van der Waals surface area contributed by atoms with E-state index in [4.69, 9.17) is 4.74 Å². The number of fused-ring (bicyclic) bond motifs is 2. The number of rotatable bonds is 4. The van der Waals surface area contributed by atoms with Gasteiger partial charge in [0.15, 0.2) is 6.61 Å². The van der Waals surface area contributed by atoms with E-state index in [1.165, 1.54) is 0 Å². The SMILES string of the molecule is CC.O=C(COc1ccc2[nH]c(-c3cc4ccccc4[nH]c3=O)cc2c1)N1CCC(O)CC1. The monoisotopic (exact) mass is 447 g/mol. The fraction of sp³-hybridized carbons (Fsp3) is 0.308. The van der Waals surface area contributed by atoms with Crippen LogP contribution in [-0.2, 0) is 4.79 Å². The fourth-order valence-electron chi connectivity index (χ4n) is 4.04. The second kappa shape index (κ2) is 9.92. The number of aromatic nitrogens is 2. The van der Waals surface area contributed by atoms with Crippen LogP contribution >= 0.6 is 0 Å². The molecule has 3 N–H and O–H groups in total. The van der Waals surface area contributed by atoms with Crippen LogP contribution in [0.2, 0.25) is 0 Å². The summed E-state index contributed by atoms with van der Waals surface area (Å²) in [5.41, 5.74) is 2.82. The molecule has 2 aromatic carbocycles. The summed E-state index contributed by atoms with van der Waals surface area (Å²) in [4.78, 5) is 32.9. The molecule has 0 radical (unpaired) electrons. The number of benzene rings is 2. The first-order valence-corrected chi connectivity index (χ1v) is 11.4. The smallest absolute Gasteiger partial charge is 0.260 e. The molecule has 1 aliphatic rings. The highest BCUT2D eigenvalue weighted by atomic mass is 16.5. The molecule has 33 heavy (non-hydrogen) atoms. The summed E-state index contributed by atoms with van der Waals surface area (Å²) in [7, 11) is 0. The number of nitrogens with zero attached hydrogens (tertiary/aromatic N) is 1. The molecule has 5 rings (SSSR count). The van der Waals surface area contributed by atoms with Gasteiger partial charge in [0, 0.05) is 29.5 Å². The van der Waals surface area contributed by atoms with Crippen molar-refractivity contribution in [2.45, 2.75) is 32.8 Å². The number of H-pyrrole nitrogens is 2. The van der Waals surface area contributed by atoms with Crippen LogP contribution in [0.5, 0.6) is 5.75 Å². The van der Waals surface area contributed by atoms with E-state index in [9.17, 15) is 14.7 Å². The molecule has 0 spiro atoms. The van der Waals surface area contributed by atoms with E-state index in [1.807, 2.05) is 62.4 Å². The maximum absolute atomic E-state index is 12.6. The zero-order valence-electron chi connectivity index (χ0n) is 18.9. The van der Waals surface area contributed by atoms with Gasteiger partial charge in [-0.05, 0) is 54.6 Å². The van der Waals surface area contributed by atoms with E-state index < -0.39 is 0 Å². The maximum Gasteiger partial charge on any atom is 0.260 e. The van der Waals surface area contributed by atoms with E-state index in [0.29, 0.717) is 37.2 Å². The summed E-state index contributed by atoms with van der Waals surface area (Å²) in [6.45, 7) is 5.08. The van der Waals surface area contributed by atoms with Gasteiger partial charge >= 0.3 is 0 Å². The molecule has 0 unspecified atom stereocenters. The molecule has 172 valence electrons. The van der Waals surface area contributed by atoms with Gasteiger partial charge in [0.2, 0.25) is 0 Å². The number of aliphatic hydroxyl groups excluding tert-OH is 1. The highest BCUT2D eigenvalue weighted by molar-refractivity contribution is 5.89. The zero-order chi connectivity index (χ0) is 23.4. The Morgan fingerprint density at radius 1 is 1.00 bits per heavy atom. The van der Waals surface area contributed by atoms with Crippen molar-refractivity contribution in [3.05, 3.63) is 65.0 Å². The predicted molar refractivity (Wildman–Crippen MR) is 131 cm³/mol. The van der Waals surface area contributed by atoms with Crippen LogP contribution < -0.4 is 10.3 Å². The summed E-state index contributed by atoms with van der Waals surface area (Å²) in [5, 5.41) is 11.4. The number of hydrogen-bond donors (Lipinski definition) is 3. The number of piperidine rings is 1. The Labute approximate surface area is 192 Å². The van der Waals surface area contributed by atoms with E-state index in [1.54, 1.807) is 11.0 Å².